The molecule has 1 aromatic carbocycles. The van der Waals surface area contributed by atoms with Crippen molar-refractivity contribution >= 4 is 0 Å². The van der Waals surface area contributed by atoms with Crippen molar-refractivity contribution < 1.29 is 4.74 Å². The molecule has 0 aliphatic carbocycles. The molecule has 16 heavy (non-hydrogen) atoms. The first-order valence-electron chi connectivity index (χ1n) is 6.13. The summed E-state index contributed by atoms with van der Waals surface area (Å²) in [5.41, 5.74) is 7.22. The predicted molar refractivity (Wildman–Crippen MR) is 68.8 cm³/mol. The van der Waals surface area contributed by atoms with Crippen LogP contribution in [0.1, 0.15) is 39.2 Å². The average Bonchev–Trinajstić information content (AvgIpc) is 2.25. The van der Waals surface area contributed by atoms with Gasteiger partial charge in [0, 0.05) is 6.04 Å². The van der Waals surface area contributed by atoms with E-state index in [0.717, 1.165) is 25.0 Å². The van der Waals surface area contributed by atoms with Crippen LogP contribution in [0.15, 0.2) is 24.3 Å². The Kier molecular flexibility index (Phi) is 5.33. The van der Waals surface area contributed by atoms with E-state index in [4.69, 9.17) is 10.5 Å². The summed E-state index contributed by atoms with van der Waals surface area (Å²) >= 11 is 0. The predicted octanol–water partition coefficient (Wildman–Crippen LogP) is 3.14. The molecular formula is C14H23NO. The van der Waals surface area contributed by atoms with Gasteiger partial charge in [-0.05, 0) is 50.8 Å². The molecule has 90 valence electrons. The number of aryl methyl sites for hydroxylation is 1. The summed E-state index contributed by atoms with van der Waals surface area (Å²) in [5, 5.41) is 0. The summed E-state index contributed by atoms with van der Waals surface area (Å²) in [5.74, 6) is 0.956. The highest BCUT2D eigenvalue weighted by atomic mass is 16.5. The van der Waals surface area contributed by atoms with E-state index >= 15 is 0 Å². The van der Waals surface area contributed by atoms with Gasteiger partial charge in [-0.1, -0.05) is 19.1 Å². The first-order valence-corrected chi connectivity index (χ1v) is 6.13. The van der Waals surface area contributed by atoms with E-state index in [1.165, 1.54) is 5.56 Å². The Morgan fingerprint density at radius 1 is 1.31 bits per heavy atom. The van der Waals surface area contributed by atoms with E-state index in [9.17, 15) is 0 Å². The lowest BCUT2D eigenvalue weighted by atomic mass is 10.0. The molecule has 0 radical (unpaired) electrons. The van der Waals surface area contributed by atoms with E-state index in [1.807, 2.05) is 26.0 Å². The maximum atomic E-state index is 5.91. The number of ether oxygens (including phenoxy) is 1. The molecule has 2 nitrogen and oxygen atoms in total. The van der Waals surface area contributed by atoms with Crippen LogP contribution in [-0.4, -0.2) is 12.1 Å². The van der Waals surface area contributed by atoms with Gasteiger partial charge < -0.3 is 10.5 Å². The molecule has 0 saturated heterocycles. The largest absolute Gasteiger partial charge is 0.491 e. The van der Waals surface area contributed by atoms with E-state index < -0.39 is 0 Å². The van der Waals surface area contributed by atoms with Gasteiger partial charge in [-0.15, -0.1) is 0 Å². The first kappa shape index (κ1) is 13.0. The summed E-state index contributed by atoms with van der Waals surface area (Å²) in [7, 11) is 0. The zero-order valence-corrected chi connectivity index (χ0v) is 10.6. The minimum absolute atomic E-state index is 0.230. The minimum atomic E-state index is 0.230. The zero-order chi connectivity index (χ0) is 12.0. The van der Waals surface area contributed by atoms with Crippen LogP contribution in [0.2, 0.25) is 0 Å². The van der Waals surface area contributed by atoms with Crippen molar-refractivity contribution in [2.45, 2.75) is 52.2 Å². The van der Waals surface area contributed by atoms with Crippen LogP contribution in [0.3, 0.4) is 0 Å². The highest BCUT2D eigenvalue weighted by molar-refractivity contribution is 5.28. The van der Waals surface area contributed by atoms with Gasteiger partial charge in [-0.3, -0.25) is 0 Å². The number of hydrogen-bond donors (Lipinski definition) is 1. The van der Waals surface area contributed by atoms with Crippen molar-refractivity contribution in [2.75, 3.05) is 0 Å². The standard InChI is InChI=1S/C14H23NO/c1-4-13(15)9-8-12-6-5-7-14(10-12)16-11(2)3/h5-7,10-11,13H,4,8-9,15H2,1-3H3. The molecule has 0 saturated carbocycles. The van der Waals surface area contributed by atoms with Gasteiger partial charge in [-0.25, -0.2) is 0 Å². The van der Waals surface area contributed by atoms with Crippen molar-refractivity contribution in [3.8, 4) is 5.75 Å². The Labute approximate surface area is 98.8 Å². The molecule has 0 heterocycles. The molecule has 1 atom stereocenters. The van der Waals surface area contributed by atoms with Crippen molar-refractivity contribution in [1.82, 2.24) is 0 Å². The highest BCUT2D eigenvalue weighted by Crippen LogP contribution is 2.16. The van der Waals surface area contributed by atoms with Gasteiger partial charge in [0.05, 0.1) is 6.10 Å². The average molecular weight is 221 g/mol. The zero-order valence-electron chi connectivity index (χ0n) is 10.6. The molecule has 0 aromatic heterocycles. The number of benzene rings is 1. The normalized spacial score (nSPS) is 12.8. The fraction of sp³-hybridized carbons (Fsp3) is 0.571. The Morgan fingerprint density at radius 2 is 2.06 bits per heavy atom. The van der Waals surface area contributed by atoms with E-state index in [2.05, 4.69) is 19.1 Å². The number of rotatable bonds is 6. The maximum absolute atomic E-state index is 5.91. The molecule has 1 rings (SSSR count). The smallest absolute Gasteiger partial charge is 0.119 e. The molecule has 0 aliphatic rings. The van der Waals surface area contributed by atoms with Crippen LogP contribution in [0.25, 0.3) is 0 Å². The molecule has 0 amide bonds. The fourth-order valence-electron chi connectivity index (χ4n) is 1.60. The van der Waals surface area contributed by atoms with Gasteiger partial charge in [0.15, 0.2) is 0 Å². The van der Waals surface area contributed by atoms with Crippen LogP contribution < -0.4 is 10.5 Å². The third-order valence-corrected chi connectivity index (χ3v) is 2.60. The molecule has 0 fully saturated rings. The van der Waals surface area contributed by atoms with Crippen molar-refractivity contribution in [3.63, 3.8) is 0 Å². The third kappa shape index (κ3) is 4.67. The first-order chi connectivity index (χ1) is 7.61. The molecule has 1 unspecified atom stereocenters. The lowest BCUT2D eigenvalue weighted by Crippen LogP contribution is -2.19. The molecule has 0 bridgehead atoms. The Bertz CT molecular complexity index is 309. The quantitative estimate of drug-likeness (QED) is 0.801. The lowest BCUT2D eigenvalue weighted by molar-refractivity contribution is 0.242. The summed E-state index contributed by atoms with van der Waals surface area (Å²) in [6, 6.07) is 8.61. The van der Waals surface area contributed by atoms with Gasteiger partial charge >= 0.3 is 0 Å². The molecule has 0 aliphatic heterocycles. The van der Waals surface area contributed by atoms with Crippen LogP contribution in [0, 0.1) is 0 Å². The van der Waals surface area contributed by atoms with E-state index in [0.29, 0.717) is 6.04 Å². The number of nitrogens with two attached hydrogens (primary N) is 1. The Morgan fingerprint density at radius 3 is 2.69 bits per heavy atom. The molecular weight excluding hydrogens is 198 g/mol. The van der Waals surface area contributed by atoms with Crippen LogP contribution in [0.4, 0.5) is 0 Å². The fourth-order valence-corrected chi connectivity index (χ4v) is 1.60. The van der Waals surface area contributed by atoms with Gasteiger partial charge in [-0.2, -0.15) is 0 Å². The van der Waals surface area contributed by atoms with Crippen molar-refractivity contribution in [3.05, 3.63) is 29.8 Å². The van der Waals surface area contributed by atoms with Crippen molar-refractivity contribution in [2.24, 2.45) is 5.73 Å². The topological polar surface area (TPSA) is 35.2 Å². The maximum Gasteiger partial charge on any atom is 0.119 e. The van der Waals surface area contributed by atoms with Gasteiger partial charge in [0.1, 0.15) is 5.75 Å². The van der Waals surface area contributed by atoms with Gasteiger partial charge in [0.2, 0.25) is 0 Å². The summed E-state index contributed by atoms with van der Waals surface area (Å²) in [6.45, 7) is 6.21. The lowest BCUT2D eigenvalue weighted by Gasteiger charge is -2.12. The number of hydrogen-bond acceptors (Lipinski definition) is 2. The Balaban J connectivity index is 2.53. The van der Waals surface area contributed by atoms with Gasteiger partial charge in [0.25, 0.3) is 0 Å². The molecule has 2 N–H and O–H groups in total. The van der Waals surface area contributed by atoms with Crippen molar-refractivity contribution in [1.29, 1.82) is 0 Å². The minimum Gasteiger partial charge on any atom is -0.491 e. The van der Waals surface area contributed by atoms with E-state index in [1.54, 1.807) is 0 Å². The van der Waals surface area contributed by atoms with Crippen LogP contribution in [0.5, 0.6) is 5.75 Å². The van der Waals surface area contributed by atoms with Crippen LogP contribution >= 0.6 is 0 Å². The second-order valence-corrected chi connectivity index (χ2v) is 4.52. The highest BCUT2D eigenvalue weighted by Gasteiger charge is 2.02. The van der Waals surface area contributed by atoms with E-state index in [-0.39, 0.29) is 6.10 Å². The SMILES string of the molecule is CCC(N)CCc1cccc(OC(C)C)c1. The Hall–Kier alpha value is -1.02. The summed E-state index contributed by atoms with van der Waals surface area (Å²) < 4.78 is 5.66. The molecule has 2 heteroatoms. The summed E-state index contributed by atoms with van der Waals surface area (Å²) in [4.78, 5) is 0. The second-order valence-electron chi connectivity index (χ2n) is 4.52. The third-order valence-electron chi connectivity index (χ3n) is 2.60. The van der Waals surface area contributed by atoms with Crippen LogP contribution in [-0.2, 0) is 6.42 Å². The summed E-state index contributed by atoms with van der Waals surface area (Å²) in [6.07, 6.45) is 3.35. The second kappa shape index (κ2) is 6.54. The monoisotopic (exact) mass is 221 g/mol. The molecule has 0 spiro atoms. The molecule has 1 aromatic rings.